The summed E-state index contributed by atoms with van der Waals surface area (Å²) < 4.78 is 19.0. The van der Waals surface area contributed by atoms with Crippen molar-refractivity contribution in [3.8, 4) is 33.4 Å². The lowest BCUT2D eigenvalue weighted by atomic mass is 9.98. The summed E-state index contributed by atoms with van der Waals surface area (Å²) in [6.45, 7) is 8.02. The van der Waals surface area contributed by atoms with Gasteiger partial charge in [-0.25, -0.2) is 19.2 Å². The third-order valence-corrected chi connectivity index (χ3v) is 9.85. The van der Waals surface area contributed by atoms with E-state index < -0.39 is 23.9 Å². The molecule has 15 heteroatoms. The van der Waals surface area contributed by atoms with Crippen molar-refractivity contribution in [2.45, 2.75) is 32.1 Å². The van der Waals surface area contributed by atoms with Gasteiger partial charge in [-0.3, -0.25) is 9.80 Å². The molecule has 2 aliphatic heterocycles. The Hall–Kier alpha value is -5.38. The normalized spacial score (nSPS) is 14.1. The van der Waals surface area contributed by atoms with Crippen molar-refractivity contribution in [3.63, 3.8) is 0 Å². The van der Waals surface area contributed by atoms with Gasteiger partial charge in [0, 0.05) is 22.7 Å². The molecule has 2 fully saturated rings. The van der Waals surface area contributed by atoms with Crippen LogP contribution in [0.1, 0.15) is 36.8 Å². The lowest BCUT2D eigenvalue weighted by Gasteiger charge is -2.17. The molecule has 5 N–H and O–H groups in total. The summed E-state index contributed by atoms with van der Waals surface area (Å²) in [5, 5.41) is 40.9. The standard InChI is InChI=1S/C34H40N2O4S.2C2H2O4/c1-38-32-23-25(6-13-31(32)40-21-19-36-16-4-5-17-36)22-30-29-12-9-27(37)24-33(29)41-34(30)26-7-10-28(11-8-26)39-20-18-35-14-2-3-15-35;2*3-1(4)2(5)6/h6-13,23-24,37H,2-5,14-22H2,1H3;2*(H,3,4)(H,5,6). The second-order valence-electron chi connectivity index (χ2n) is 12.3. The predicted molar refractivity (Wildman–Crippen MR) is 198 cm³/mol. The van der Waals surface area contributed by atoms with Gasteiger partial charge in [0.25, 0.3) is 0 Å². The highest BCUT2D eigenvalue weighted by Crippen LogP contribution is 2.42. The minimum absolute atomic E-state index is 0.288. The fraction of sp³-hybridized carbons (Fsp3) is 0.368. The summed E-state index contributed by atoms with van der Waals surface area (Å²) in [6.07, 6.45) is 5.92. The van der Waals surface area contributed by atoms with Gasteiger partial charge in [0.05, 0.1) is 7.11 Å². The molecule has 0 amide bonds. The number of carboxylic acids is 4. The fourth-order valence-corrected chi connectivity index (χ4v) is 7.24. The predicted octanol–water partition coefficient (Wildman–Crippen LogP) is 5.13. The van der Waals surface area contributed by atoms with E-state index in [4.69, 9.17) is 53.8 Å². The van der Waals surface area contributed by atoms with Gasteiger partial charge in [0.15, 0.2) is 11.5 Å². The van der Waals surface area contributed by atoms with Crippen molar-refractivity contribution in [2.24, 2.45) is 0 Å². The molecular formula is C38H44N2O12S. The van der Waals surface area contributed by atoms with Crippen molar-refractivity contribution in [1.29, 1.82) is 0 Å². The lowest BCUT2D eigenvalue weighted by molar-refractivity contribution is -0.159. The Morgan fingerprint density at radius 1 is 0.679 bits per heavy atom. The maximum atomic E-state index is 10.2. The van der Waals surface area contributed by atoms with Crippen LogP contribution in [0.15, 0.2) is 60.7 Å². The van der Waals surface area contributed by atoms with Crippen LogP contribution in [0.5, 0.6) is 23.0 Å². The Morgan fingerprint density at radius 2 is 1.23 bits per heavy atom. The second-order valence-corrected chi connectivity index (χ2v) is 13.3. The molecule has 3 aromatic carbocycles. The van der Waals surface area contributed by atoms with Crippen molar-refractivity contribution in [2.75, 3.05) is 59.6 Å². The Kier molecular flexibility index (Phi) is 15.3. The average molecular weight is 753 g/mol. The molecule has 53 heavy (non-hydrogen) atoms. The fourth-order valence-electron chi connectivity index (χ4n) is 5.98. The molecule has 3 heterocycles. The van der Waals surface area contributed by atoms with Crippen LogP contribution < -0.4 is 14.2 Å². The van der Waals surface area contributed by atoms with E-state index in [0.29, 0.717) is 13.2 Å². The van der Waals surface area contributed by atoms with E-state index in [2.05, 4.69) is 46.2 Å². The number of carbonyl (C=O) groups is 4. The molecule has 0 aliphatic carbocycles. The number of rotatable bonds is 12. The van der Waals surface area contributed by atoms with Crippen LogP contribution in [0, 0.1) is 0 Å². The van der Waals surface area contributed by atoms with E-state index in [0.717, 1.165) is 52.6 Å². The van der Waals surface area contributed by atoms with Gasteiger partial charge < -0.3 is 39.7 Å². The van der Waals surface area contributed by atoms with E-state index in [1.165, 1.54) is 67.7 Å². The lowest BCUT2D eigenvalue weighted by Crippen LogP contribution is -2.25. The number of methoxy groups -OCH3 is 1. The van der Waals surface area contributed by atoms with E-state index >= 15 is 0 Å². The number of aliphatic carboxylic acids is 4. The first-order valence-electron chi connectivity index (χ1n) is 17.1. The smallest absolute Gasteiger partial charge is 0.414 e. The molecule has 284 valence electrons. The molecule has 1 aromatic heterocycles. The maximum absolute atomic E-state index is 10.2. The summed E-state index contributed by atoms with van der Waals surface area (Å²) >= 11 is 1.72. The molecule has 2 aliphatic rings. The van der Waals surface area contributed by atoms with Crippen molar-refractivity contribution in [3.05, 3.63) is 71.8 Å². The third kappa shape index (κ3) is 12.4. The number of fused-ring (bicyclic) bond motifs is 1. The Bertz CT molecular complexity index is 1800. The molecular weight excluding hydrogens is 708 g/mol. The van der Waals surface area contributed by atoms with Gasteiger partial charge in [-0.05, 0) is 135 Å². The summed E-state index contributed by atoms with van der Waals surface area (Å²) in [5.74, 6) is -4.56. The van der Waals surface area contributed by atoms with E-state index in [1.807, 2.05) is 18.2 Å². The summed E-state index contributed by atoms with van der Waals surface area (Å²) in [7, 11) is 1.70. The highest BCUT2D eigenvalue weighted by atomic mass is 32.1. The molecule has 0 bridgehead atoms. The topological polar surface area (TPSA) is 204 Å². The van der Waals surface area contributed by atoms with Crippen molar-refractivity contribution < 1.29 is 58.9 Å². The van der Waals surface area contributed by atoms with Crippen LogP contribution >= 0.6 is 11.3 Å². The van der Waals surface area contributed by atoms with Gasteiger partial charge in [-0.1, -0.05) is 6.07 Å². The SMILES string of the molecule is COc1cc(Cc2c(-c3ccc(OCCN4CCCC4)cc3)sc3cc(O)ccc23)ccc1OCCN1CCCC1.O=C(O)C(=O)O.O=C(O)C(=O)O. The van der Waals surface area contributed by atoms with Gasteiger partial charge in [0.1, 0.15) is 24.7 Å². The highest BCUT2D eigenvalue weighted by Gasteiger charge is 2.18. The van der Waals surface area contributed by atoms with Crippen LogP contribution in [0.25, 0.3) is 20.5 Å². The van der Waals surface area contributed by atoms with E-state index in [9.17, 15) is 5.11 Å². The molecule has 14 nitrogen and oxygen atoms in total. The zero-order valence-corrected chi connectivity index (χ0v) is 30.2. The molecule has 0 spiro atoms. The third-order valence-electron chi connectivity index (χ3n) is 8.61. The number of benzene rings is 3. The molecule has 6 rings (SSSR count). The number of phenolic OH excluding ortho intramolecular Hbond substituents is 1. The number of likely N-dealkylation sites (tertiary alicyclic amines) is 2. The molecule has 4 aromatic rings. The van der Waals surface area contributed by atoms with Crippen LogP contribution in [-0.4, -0.2) is 119 Å². The first-order chi connectivity index (χ1) is 25.4. The number of hydrogen-bond acceptors (Lipinski definition) is 11. The van der Waals surface area contributed by atoms with Crippen molar-refractivity contribution in [1.82, 2.24) is 9.80 Å². The quantitative estimate of drug-likeness (QED) is 0.119. The first kappa shape index (κ1) is 40.4. The minimum Gasteiger partial charge on any atom is -0.508 e. The summed E-state index contributed by atoms with van der Waals surface area (Å²) in [5.41, 5.74) is 3.56. The monoisotopic (exact) mass is 752 g/mol. The number of nitrogens with zero attached hydrogens (tertiary/aromatic N) is 2. The number of thiophene rings is 1. The number of hydrogen-bond donors (Lipinski definition) is 5. The molecule has 2 saturated heterocycles. The molecule has 0 unspecified atom stereocenters. The van der Waals surface area contributed by atoms with E-state index in [1.54, 1.807) is 24.5 Å². The number of ether oxygens (including phenoxy) is 3. The zero-order chi connectivity index (χ0) is 38.3. The van der Waals surface area contributed by atoms with Crippen LogP contribution in [0.4, 0.5) is 0 Å². The number of aromatic hydroxyl groups is 1. The number of phenols is 1. The van der Waals surface area contributed by atoms with Gasteiger partial charge >= 0.3 is 23.9 Å². The van der Waals surface area contributed by atoms with Crippen LogP contribution in [0.3, 0.4) is 0 Å². The van der Waals surface area contributed by atoms with Crippen LogP contribution in [-0.2, 0) is 25.6 Å². The zero-order valence-electron chi connectivity index (χ0n) is 29.4. The molecule has 0 radical (unpaired) electrons. The van der Waals surface area contributed by atoms with Gasteiger partial charge in [-0.2, -0.15) is 0 Å². The Morgan fingerprint density at radius 3 is 1.75 bits per heavy atom. The first-order valence-corrected chi connectivity index (χ1v) is 17.9. The summed E-state index contributed by atoms with van der Waals surface area (Å²) in [6, 6.07) is 20.4. The Labute approximate surface area is 310 Å². The van der Waals surface area contributed by atoms with Crippen molar-refractivity contribution >= 4 is 45.3 Å². The number of carboxylic acid groups (broad SMARTS) is 4. The average Bonchev–Trinajstić information content (AvgIpc) is 3.92. The summed E-state index contributed by atoms with van der Waals surface area (Å²) in [4.78, 5) is 42.5. The minimum atomic E-state index is -1.82. The van der Waals surface area contributed by atoms with Gasteiger partial charge in [-0.15, -0.1) is 11.3 Å². The molecule has 0 saturated carbocycles. The van der Waals surface area contributed by atoms with E-state index in [-0.39, 0.29) is 5.75 Å². The van der Waals surface area contributed by atoms with Gasteiger partial charge in [0.2, 0.25) is 0 Å². The largest absolute Gasteiger partial charge is 0.508 e. The Balaban J connectivity index is 0.000000453. The second kappa shape index (κ2) is 20.0. The highest BCUT2D eigenvalue weighted by molar-refractivity contribution is 7.22. The molecule has 0 atom stereocenters. The van der Waals surface area contributed by atoms with Crippen LogP contribution in [0.2, 0.25) is 0 Å². The maximum Gasteiger partial charge on any atom is 0.414 e.